The second-order valence-corrected chi connectivity index (χ2v) is 8.40. The van der Waals surface area contributed by atoms with Crippen LogP contribution in [0.1, 0.15) is 34.0 Å². The first-order valence-electron chi connectivity index (χ1n) is 11.2. The summed E-state index contributed by atoms with van der Waals surface area (Å²) in [6.45, 7) is 0.355. The number of nitrogens with zero attached hydrogens (tertiary/aromatic N) is 3. The van der Waals surface area contributed by atoms with Crippen LogP contribution in [-0.2, 0) is 12.8 Å². The van der Waals surface area contributed by atoms with Gasteiger partial charge in [-0.25, -0.2) is 14.2 Å². The normalized spacial score (nSPS) is 13.2. The Morgan fingerprint density at radius 3 is 2.81 bits per heavy atom. The topological polar surface area (TPSA) is 158 Å². The fourth-order valence-electron chi connectivity index (χ4n) is 4.37. The van der Waals surface area contributed by atoms with Gasteiger partial charge in [-0.15, -0.1) is 5.10 Å². The molecule has 1 aliphatic rings. The summed E-state index contributed by atoms with van der Waals surface area (Å²) in [7, 11) is 1.49. The second kappa shape index (κ2) is 9.17. The van der Waals surface area contributed by atoms with Gasteiger partial charge in [0.2, 0.25) is 0 Å². The first-order chi connectivity index (χ1) is 17.4. The van der Waals surface area contributed by atoms with Crippen LogP contribution in [0, 0.1) is 11.2 Å². The molecule has 2 aromatic heterocycles. The third-order valence-corrected chi connectivity index (χ3v) is 6.18. The number of pyridine rings is 1. The van der Waals surface area contributed by atoms with E-state index in [4.69, 9.17) is 26.4 Å². The molecule has 0 fully saturated rings. The van der Waals surface area contributed by atoms with Gasteiger partial charge in [-0.2, -0.15) is 4.68 Å². The number of fused-ring (bicyclic) bond motifs is 1. The Bertz CT molecular complexity index is 1510. The summed E-state index contributed by atoms with van der Waals surface area (Å²) in [4.78, 5) is 19.8. The number of benzene rings is 2. The number of amidine groups is 1. The summed E-state index contributed by atoms with van der Waals surface area (Å²) in [5.41, 5.74) is 13.4. The van der Waals surface area contributed by atoms with Crippen molar-refractivity contribution in [2.75, 3.05) is 19.5 Å². The number of nitrogen functional groups attached to an aromatic ring is 2. The number of anilines is 1. The zero-order chi connectivity index (χ0) is 25.4. The lowest BCUT2D eigenvalue weighted by molar-refractivity contribution is 0.325. The molecule has 0 radical (unpaired) electrons. The quantitative estimate of drug-likeness (QED) is 0.229. The minimum atomic E-state index is -0.688. The van der Waals surface area contributed by atoms with Crippen LogP contribution in [0.4, 0.5) is 10.1 Å². The van der Waals surface area contributed by atoms with Crippen LogP contribution in [0.3, 0.4) is 0 Å². The monoisotopic (exact) mass is 489 g/mol. The van der Waals surface area contributed by atoms with E-state index in [0.29, 0.717) is 47.6 Å². The van der Waals surface area contributed by atoms with Gasteiger partial charge < -0.3 is 20.9 Å². The molecule has 4 aromatic rings. The van der Waals surface area contributed by atoms with Gasteiger partial charge in [-0.05, 0) is 30.2 Å². The zero-order valence-electron chi connectivity index (χ0n) is 19.4. The molecule has 2 aromatic carbocycles. The number of ether oxygens (including phenoxy) is 2. The lowest BCUT2D eigenvalue weighted by atomic mass is 9.88. The lowest BCUT2D eigenvalue weighted by Crippen LogP contribution is -2.18. The number of hydrogen-bond donors (Lipinski definition) is 4. The van der Waals surface area contributed by atoms with E-state index < -0.39 is 17.4 Å². The van der Waals surface area contributed by atoms with E-state index in [1.165, 1.54) is 13.3 Å². The summed E-state index contributed by atoms with van der Waals surface area (Å²) < 4.78 is 28.0. The molecule has 0 bridgehead atoms. The lowest BCUT2D eigenvalue weighted by Gasteiger charge is -2.19. The van der Waals surface area contributed by atoms with Crippen molar-refractivity contribution in [1.82, 2.24) is 19.7 Å². The van der Waals surface area contributed by atoms with Crippen LogP contribution in [0.15, 0.2) is 53.5 Å². The highest BCUT2D eigenvalue weighted by atomic mass is 19.1. The van der Waals surface area contributed by atoms with Gasteiger partial charge in [0.25, 0.3) is 0 Å². The molecule has 6 N–H and O–H groups in total. The largest absolute Gasteiger partial charge is 0.493 e. The third-order valence-electron chi connectivity index (χ3n) is 6.18. The second-order valence-electron chi connectivity index (χ2n) is 8.40. The van der Waals surface area contributed by atoms with E-state index in [1.807, 2.05) is 0 Å². The maximum absolute atomic E-state index is 15.9. The smallest absolute Gasteiger partial charge is 0.349 e. The molecule has 0 spiro atoms. The molecule has 10 nitrogen and oxygen atoms in total. The van der Waals surface area contributed by atoms with Crippen LogP contribution in [-0.4, -0.2) is 39.3 Å². The molecular formula is C25H24FN7O3. The predicted molar refractivity (Wildman–Crippen MR) is 132 cm³/mol. The van der Waals surface area contributed by atoms with Crippen LogP contribution in [0.5, 0.6) is 11.5 Å². The Balaban J connectivity index is 1.65. The summed E-state index contributed by atoms with van der Waals surface area (Å²) >= 11 is 0. The van der Waals surface area contributed by atoms with Crippen LogP contribution >= 0.6 is 0 Å². The average Bonchev–Trinajstić information content (AvgIpc) is 3.51. The number of H-pyrrole nitrogens is 1. The number of hydrogen-bond acceptors (Lipinski definition) is 7. The van der Waals surface area contributed by atoms with Crippen molar-refractivity contribution >= 4 is 11.5 Å². The van der Waals surface area contributed by atoms with Crippen molar-refractivity contribution < 1.29 is 13.9 Å². The number of nitrogens with one attached hydrogen (secondary N) is 2. The molecule has 11 heteroatoms. The van der Waals surface area contributed by atoms with E-state index in [9.17, 15) is 4.79 Å². The molecule has 1 aliphatic heterocycles. The summed E-state index contributed by atoms with van der Waals surface area (Å²) in [6.07, 6.45) is 2.20. The van der Waals surface area contributed by atoms with E-state index in [1.54, 1.807) is 42.5 Å². The predicted octanol–water partition coefficient (Wildman–Crippen LogP) is 2.28. The molecule has 184 valence electrons. The first kappa shape index (κ1) is 23.1. The van der Waals surface area contributed by atoms with Crippen molar-refractivity contribution in [3.63, 3.8) is 0 Å². The molecule has 0 amide bonds. The van der Waals surface area contributed by atoms with Gasteiger partial charge in [0.05, 0.1) is 25.3 Å². The molecule has 0 saturated carbocycles. The summed E-state index contributed by atoms with van der Waals surface area (Å²) in [5, 5.41) is 12.1. The average molecular weight is 490 g/mol. The van der Waals surface area contributed by atoms with Gasteiger partial charge in [0.15, 0.2) is 17.3 Å². The molecule has 1 unspecified atom stereocenters. The van der Waals surface area contributed by atoms with Gasteiger partial charge in [-0.3, -0.25) is 10.4 Å². The zero-order valence-corrected chi connectivity index (χ0v) is 19.4. The SMILES string of the molecule is COc1cc(C(Cc2ccc(C(=N)N)cc2)c2nn(-c3ncccc3N)c(=O)[nH]2)c(F)c2c1OCC2. The Labute approximate surface area is 205 Å². The third kappa shape index (κ3) is 4.04. The molecular weight excluding hydrogens is 465 g/mol. The number of methoxy groups -OCH3 is 1. The minimum absolute atomic E-state index is 0.0523. The fourth-order valence-corrected chi connectivity index (χ4v) is 4.37. The highest BCUT2D eigenvalue weighted by molar-refractivity contribution is 5.94. The molecule has 36 heavy (non-hydrogen) atoms. The van der Waals surface area contributed by atoms with Crippen molar-refractivity contribution in [1.29, 1.82) is 5.41 Å². The van der Waals surface area contributed by atoms with Crippen molar-refractivity contribution in [3.05, 3.63) is 93.0 Å². The van der Waals surface area contributed by atoms with Crippen molar-refractivity contribution in [3.8, 4) is 17.3 Å². The van der Waals surface area contributed by atoms with Gasteiger partial charge in [-0.1, -0.05) is 24.3 Å². The molecule has 0 saturated heterocycles. The standard InChI is InChI=1S/C25H24FN7O3/c1-35-19-12-16(20(26)15-8-10-36-21(15)19)17(11-13-4-6-14(7-5-13)22(28)29)23-31-25(34)33(32-23)24-18(27)3-2-9-30-24/h2-7,9,12,17H,8,10-11,27H2,1H3,(H3,28,29)(H,31,32,34). The maximum atomic E-state index is 15.9. The van der Waals surface area contributed by atoms with Gasteiger partial charge in [0.1, 0.15) is 17.5 Å². The van der Waals surface area contributed by atoms with Gasteiger partial charge >= 0.3 is 5.69 Å². The Hall–Kier alpha value is -4.67. The Morgan fingerprint density at radius 1 is 1.33 bits per heavy atom. The molecule has 1 atom stereocenters. The van der Waals surface area contributed by atoms with E-state index in [0.717, 1.165) is 10.2 Å². The molecule has 5 rings (SSSR count). The maximum Gasteiger partial charge on any atom is 0.349 e. The van der Waals surface area contributed by atoms with E-state index in [2.05, 4.69) is 15.1 Å². The first-order valence-corrected chi connectivity index (χ1v) is 11.2. The highest BCUT2D eigenvalue weighted by Crippen LogP contribution is 2.42. The minimum Gasteiger partial charge on any atom is -0.493 e. The Kier molecular flexibility index (Phi) is 5.88. The van der Waals surface area contributed by atoms with Crippen molar-refractivity contribution in [2.24, 2.45) is 5.73 Å². The number of aromatic amines is 1. The summed E-state index contributed by atoms with van der Waals surface area (Å²) in [5.74, 6) is 0.0439. The molecule has 3 heterocycles. The van der Waals surface area contributed by atoms with Gasteiger partial charge in [0, 0.05) is 29.3 Å². The summed E-state index contributed by atoms with van der Waals surface area (Å²) in [6, 6.07) is 11.9. The Morgan fingerprint density at radius 2 is 2.11 bits per heavy atom. The van der Waals surface area contributed by atoms with Crippen LogP contribution in [0.25, 0.3) is 5.82 Å². The number of aromatic nitrogens is 4. The number of rotatable bonds is 7. The van der Waals surface area contributed by atoms with Crippen molar-refractivity contribution in [2.45, 2.75) is 18.8 Å². The number of nitrogens with two attached hydrogens (primary N) is 2. The van der Waals surface area contributed by atoms with E-state index >= 15 is 4.39 Å². The van der Waals surface area contributed by atoms with E-state index in [-0.39, 0.29) is 23.2 Å². The molecule has 0 aliphatic carbocycles. The fraction of sp³-hybridized carbons (Fsp3) is 0.200. The van der Waals surface area contributed by atoms with Crippen LogP contribution in [0.2, 0.25) is 0 Å². The number of halogens is 1. The van der Waals surface area contributed by atoms with Crippen LogP contribution < -0.4 is 26.6 Å². The highest BCUT2D eigenvalue weighted by Gasteiger charge is 2.31.